The summed E-state index contributed by atoms with van der Waals surface area (Å²) < 4.78 is 0. The monoisotopic (exact) mass is 296 g/mol. The van der Waals surface area contributed by atoms with Crippen LogP contribution in [0.15, 0.2) is 54.7 Å². The fraction of sp³-hybridized carbons (Fsp3) is 0.368. The molecule has 1 unspecified atom stereocenters. The van der Waals surface area contributed by atoms with Crippen LogP contribution in [0, 0.1) is 0 Å². The van der Waals surface area contributed by atoms with Gasteiger partial charge >= 0.3 is 0 Å². The van der Waals surface area contributed by atoms with Gasteiger partial charge in [-0.25, -0.2) is 0 Å². The van der Waals surface area contributed by atoms with Crippen molar-refractivity contribution < 1.29 is 4.79 Å². The van der Waals surface area contributed by atoms with E-state index in [9.17, 15) is 4.79 Å². The van der Waals surface area contributed by atoms with E-state index < -0.39 is 0 Å². The summed E-state index contributed by atoms with van der Waals surface area (Å²) in [6, 6.07) is 15.9. The van der Waals surface area contributed by atoms with Crippen LogP contribution in [0.2, 0.25) is 0 Å². The minimum Gasteiger partial charge on any atom is -0.345 e. The zero-order valence-corrected chi connectivity index (χ0v) is 13.4. The van der Waals surface area contributed by atoms with Crippen LogP contribution in [0.1, 0.15) is 36.9 Å². The van der Waals surface area contributed by atoms with Crippen molar-refractivity contribution in [1.29, 1.82) is 0 Å². The van der Waals surface area contributed by atoms with Crippen molar-refractivity contribution in [1.82, 2.24) is 9.88 Å². The molecule has 0 saturated carbocycles. The van der Waals surface area contributed by atoms with Gasteiger partial charge in [-0.05, 0) is 24.1 Å². The molecule has 0 N–H and O–H groups in total. The molecule has 1 atom stereocenters. The predicted molar refractivity (Wildman–Crippen MR) is 89.7 cm³/mol. The number of rotatable bonds is 7. The summed E-state index contributed by atoms with van der Waals surface area (Å²) >= 11 is 0. The molecule has 22 heavy (non-hydrogen) atoms. The molecule has 0 radical (unpaired) electrons. The molecule has 0 spiro atoms. The first kappa shape index (κ1) is 16.2. The van der Waals surface area contributed by atoms with Crippen LogP contribution in [-0.4, -0.2) is 29.4 Å². The molecule has 1 heterocycles. The minimum atomic E-state index is -0.169. The third-order valence-electron chi connectivity index (χ3n) is 3.86. The van der Waals surface area contributed by atoms with Gasteiger partial charge < -0.3 is 4.90 Å². The highest BCUT2D eigenvalue weighted by molar-refractivity contribution is 5.83. The van der Waals surface area contributed by atoms with Crippen LogP contribution in [0.3, 0.4) is 0 Å². The second-order valence-corrected chi connectivity index (χ2v) is 5.60. The number of aromatic nitrogens is 1. The molecule has 0 aliphatic heterocycles. The molecule has 0 aliphatic rings. The molecule has 0 fully saturated rings. The summed E-state index contributed by atoms with van der Waals surface area (Å²) in [5.41, 5.74) is 2.01. The standard InChI is InChI=1S/C19H24N2O/c1-3-4-14-21(2)19(22)18(16-10-6-5-7-11-16)15-17-12-8-9-13-20-17/h5-13,18H,3-4,14-15H2,1-2H3. The van der Waals surface area contributed by atoms with E-state index in [2.05, 4.69) is 11.9 Å². The highest BCUT2D eigenvalue weighted by Crippen LogP contribution is 2.22. The van der Waals surface area contributed by atoms with Crippen LogP contribution in [0.4, 0.5) is 0 Å². The number of unbranched alkanes of at least 4 members (excludes halogenated alkanes) is 1. The number of pyridine rings is 1. The highest BCUT2D eigenvalue weighted by Gasteiger charge is 2.24. The maximum Gasteiger partial charge on any atom is 0.230 e. The van der Waals surface area contributed by atoms with Crippen molar-refractivity contribution in [3.8, 4) is 0 Å². The molecular weight excluding hydrogens is 272 g/mol. The van der Waals surface area contributed by atoms with Crippen LogP contribution in [-0.2, 0) is 11.2 Å². The zero-order valence-electron chi connectivity index (χ0n) is 13.4. The zero-order chi connectivity index (χ0) is 15.8. The number of benzene rings is 1. The van der Waals surface area contributed by atoms with E-state index in [1.54, 1.807) is 6.20 Å². The Morgan fingerprint density at radius 3 is 2.50 bits per heavy atom. The van der Waals surface area contributed by atoms with Gasteiger partial charge in [0.05, 0.1) is 5.92 Å². The first-order chi connectivity index (χ1) is 10.7. The summed E-state index contributed by atoms with van der Waals surface area (Å²) in [5, 5.41) is 0. The summed E-state index contributed by atoms with van der Waals surface area (Å²) in [4.78, 5) is 19.1. The first-order valence-electron chi connectivity index (χ1n) is 7.92. The van der Waals surface area contributed by atoms with Gasteiger partial charge in [0.2, 0.25) is 5.91 Å². The lowest BCUT2D eigenvalue weighted by molar-refractivity contribution is -0.131. The summed E-state index contributed by atoms with van der Waals surface area (Å²) in [6.07, 6.45) is 4.55. The summed E-state index contributed by atoms with van der Waals surface area (Å²) in [7, 11) is 1.90. The van der Waals surface area contributed by atoms with E-state index >= 15 is 0 Å². The Balaban J connectivity index is 2.20. The fourth-order valence-electron chi connectivity index (χ4n) is 2.53. The maximum absolute atomic E-state index is 12.9. The molecule has 1 aromatic heterocycles. The van der Waals surface area contributed by atoms with E-state index in [0.29, 0.717) is 6.42 Å². The molecule has 3 heteroatoms. The smallest absolute Gasteiger partial charge is 0.230 e. The van der Waals surface area contributed by atoms with Crippen molar-refractivity contribution >= 4 is 5.91 Å². The molecule has 0 saturated heterocycles. The number of carbonyl (C=O) groups excluding carboxylic acids is 1. The Morgan fingerprint density at radius 2 is 1.86 bits per heavy atom. The van der Waals surface area contributed by atoms with E-state index in [1.807, 2.05) is 60.5 Å². The van der Waals surface area contributed by atoms with Crippen molar-refractivity contribution in [2.24, 2.45) is 0 Å². The van der Waals surface area contributed by atoms with Gasteiger partial charge in [-0.3, -0.25) is 9.78 Å². The number of likely N-dealkylation sites (N-methyl/N-ethyl adjacent to an activating group) is 1. The largest absolute Gasteiger partial charge is 0.345 e. The van der Waals surface area contributed by atoms with Gasteiger partial charge in [0.25, 0.3) is 0 Å². The third-order valence-corrected chi connectivity index (χ3v) is 3.86. The Kier molecular flexibility index (Phi) is 6.13. The molecule has 1 amide bonds. The van der Waals surface area contributed by atoms with Gasteiger partial charge in [0, 0.05) is 31.9 Å². The molecule has 2 rings (SSSR count). The average Bonchev–Trinajstić information content (AvgIpc) is 2.58. The van der Waals surface area contributed by atoms with Crippen LogP contribution < -0.4 is 0 Å². The number of carbonyl (C=O) groups is 1. The Morgan fingerprint density at radius 1 is 1.14 bits per heavy atom. The van der Waals surface area contributed by atoms with Gasteiger partial charge in [0.1, 0.15) is 0 Å². The second-order valence-electron chi connectivity index (χ2n) is 5.60. The fourth-order valence-corrected chi connectivity index (χ4v) is 2.53. The SMILES string of the molecule is CCCCN(C)C(=O)C(Cc1ccccn1)c1ccccc1. The van der Waals surface area contributed by atoms with Gasteiger partial charge in [-0.15, -0.1) is 0 Å². The van der Waals surface area contributed by atoms with Crippen LogP contribution >= 0.6 is 0 Å². The lowest BCUT2D eigenvalue weighted by Gasteiger charge is -2.24. The Hall–Kier alpha value is -2.16. The van der Waals surface area contributed by atoms with E-state index in [1.165, 1.54) is 0 Å². The molecule has 0 aliphatic carbocycles. The van der Waals surface area contributed by atoms with Gasteiger partial charge in [0.15, 0.2) is 0 Å². The lowest BCUT2D eigenvalue weighted by Crippen LogP contribution is -2.33. The molecule has 0 bridgehead atoms. The van der Waals surface area contributed by atoms with Crippen molar-refractivity contribution in [2.45, 2.75) is 32.1 Å². The van der Waals surface area contributed by atoms with Crippen LogP contribution in [0.25, 0.3) is 0 Å². The van der Waals surface area contributed by atoms with E-state index in [4.69, 9.17) is 0 Å². The topological polar surface area (TPSA) is 33.2 Å². The Labute approximate surface area is 133 Å². The molecule has 116 valence electrons. The molecular formula is C19H24N2O. The lowest BCUT2D eigenvalue weighted by atomic mass is 9.92. The number of hydrogen-bond acceptors (Lipinski definition) is 2. The van der Waals surface area contributed by atoms with Crippen molar-refractivity contribution in [3.63, 3.8) is 0 Å². The van der Waals surface area contributed by atoms with Crippen molar-refractivity contribution in [3.05, 3.63) is 66.0 Å². The highest BCUT2D eigenvalue weighted by atomic mass is 16.2. The Bertz CT molecular complexity index is 569. The van der Waals surface area contributed by atoms with E-state index in [0.717, 1.165) is 30.6 Å². The van der Waals surface area contributed by atoms with Crippen LogP contribution in [0.5, 0.6) is 0 Å². The summed E-state index contributed by atoms with van der Waals surface area (Å²) in [5.74, 6) is 0.00302. The van der Waals surface area contributed by atoms with Gasteiger partial charge in [-0.2, -0.15) is 0 Å². The quantitative estimate of drug-likeness (QED) is 0.781. The minimum absolute atomic E-state index is 0.169. The first-order valence-corrected chi connectivity index (χ1v) is 7.92. The van der Waals surface area contributed by atoms with Gasteiger partial charge in [-0.1, -0.05) is 49.7 Å². The van der Waals surface area contributed by atoms with Crippen molar-refractivity contribution in [2.75, 3.05) is 13.6 Å². The van der Waals surface area contributed by atoms with E-state index in [-0.39, 0.29) is 11.8 Å². The molecule has 3 nitrogen and oxygen atoms in total. The molecule has 2 aromatic rings. The normalized spacial score (nSPS) is 11.9. The maximum atomic E-state index is 12.9. The number of nitrogens with zero attached hydrogens (tertiary/aromatic N) is 2. The summed E-state index contributed by atoms with van der Waals surface area (Å²) in [6.45, 7) is 2.95. The second kappa shape index (κ2) is 8.32. The third kappa shape index (κ3) is 4.42. The number of hydrogen-bond donors (Lipinski definition) is 0. The predicted octanol–water partition coefficient (Wildman–Crippen LogP) is 3.67. The average molecular weight is 296 g/mol. The number of amides is 1. The molecule has 1 aromatic carbocycles.